The highest BCUT2D eigenvalue weighted by Gasteiger charge is 2.36. The number of hydrogen-bond acceptors (Lipinski definition) is 5. The van der Waals surface area contributed by atoms with Gasteiger partial charge >= 0.3 is 0 Å². The molecule has 0 saturated heterocycles. The molecule has 2 aliphatic carbocycles. The van der Waals surface area contributed by atoms with Gasteiger partial charge in [-0.1, -0.05) is 48.2 Å². The summed E-state index contributed by atoms with van der Waals surface area (Å²) in [7, 11) is 1.81. The predicted molar refractivity (Wildman–Crippen MR) is 165 cm³/mol. The number of nitrogens with zero attached hydrogens (tertiary/aromatic N) is 2. The third kappa shape index (κ3) is 8.24. The molecule has 0 bridgehead atoms. The molecule has 42 heavy (non-hydrogen) atoms. The molecule has 3 atom stereocenters. The predicted octanol–water partition coefficient (Wildman–Crippen LogP) is 6.31. The summed E-state index contributed by atoms with van der Waals surface area (Å²) in [4.78, 5) is 15.0. The molecule has 1 N–H and O–H groups in total. The maximum absolute atomic E-state index is 13.9. The van der Waals surface area contributed by atoms with Crippen LogP contribution in [-0.4, -0.2) is 70.0 Å². The Kier molecular flexibility index (Phi) is 11.7. The molecular formula is C31H42Cl2FN3O4S. The first-order chi connectivity index (χ1) is 20.0. The molecule has 11 heteroatoms. The van der Waals surface area contributed by atoms with Crippen molar-refractivity contribution in [3.05, 3.63) is 63.9 Å². The summed E-state index contributed by atoms with van der Waals surface area (Å²) in [6, 6.07) is 10.9. The van der Waals surface area contributed by atoms with Crippen LogP contribution in [0.1, 0.15) is 63.0 Å². The molecule has 1 amide bonds. The Morgan fingerprint density at radius 1 is 1.00 bits per heavy atom. The van der Waals surface area contributed by atoms with Crippen molar-refractivity contribution in [3.8, 4) is 0 Å². The second-order valence-electron chi connectivity index (χ2n) is 11.8. The Hall–Kier alpha value is -1.75. The van der Waals surface area contributed by atoms with Crippen LogP contribution in [0.3, 0.4) is 0 Å². The Morgan fingerprint density at radius 3 is 2.38 bits per heavy atom. The Labute approximate surface area is 259 Å². The fraction of sp³-hybridized carbons (Fsp3) is 0.581. The third-order valence-electron chi connectivity index (χ3n) is 8.80. The van der Waals surface area contributed by atoms with Crippen molar-refractivity contribution in [2.24, 2.45) is 11.8 Å². The molecular weight excluding hydrogens is 600 g/mol. The molecule has 0 heterocycles. The number of likely N-dealkylation sites (N-methyl/N-ethyl adjacent to an activating group) is 1. The molecule has 2 fully saturated rings. The SMILES string of the molecule is CN(C)C(c1cccc(F)c1)C1CCC(CNC(=O)COC2CCCCC2N(C)S(=O)(=O)c2ccc(Cl)c(Cl)c2)CC1. The molecule has 2 aliphatic rings. The second kappa shape index (κ2) is 14.8. The fourth-order valence-corrected chi connectivity index (χ4v) is 8.35. The number of sulfonamides is 1. The minimum absolute atomic E-state index is 0.0732. The average Bonchev–Trinajstić information content (AvgIpc) is 2.96. The van der Waals surface area contributed by atoms with E-state index in [1.807, 2.05) is 20.2 Å². The highest BCUT2D eigenvalue weighted by atomic mass is 35.5. The van der Waals surface area contributed by atoms with Gasteiger partial charge in [-0.15, -0.1) is 0 Å². The zero-order valence-corrected chi connectivity index (χ0v) is 26.9. The number of amides is 1. The van der Waals surface area contributed by atoms with Gasteiger partial charge in [0.2, 0.25) is 15.9 Å². The van der Waals surface area contributed by atoms with Crippen LogP contribution < -0.4 is 5.32 Å². The van der Waals surface area contributed by atoms with Gasteiger partial charge in [-0.25, -0.2) is 12.8 Å². The van der Waals surface area contributed by atoms with E-state index in [-0.39, 0.29) is 51.5 Å². The van der Waals surface area contributed by atoms with Gasteiger partial charge < -0.3 is 15.0 Å². The van der Waals surface area contributed by atoms with E-state index in [0.29, 0.717) is 31.2 Å². The molecule has 4 rings (SSSR count). The molecule has 3 unspecified atom stereocenters. The number of rotatable bonds is 11. The van der Waals surface area contributed by atoms with E-state index in [2.05, 4.69) is 10.2 Å². The van der Waals surface area contributed by atoms with Crippen LogP contribution in [0.2, 0.25) is 10.0 Å². The molecule has 0 radical (unpaired) electrons. The van der Waals surface area contributed by atoms with Crippen LogP contribution in [-0.2, 0) is 19.6 Å². The minimum atomic E-state index is -3.82. The maximum atomic E-state index is 13.9. The summed E-state index contributed by atoms with van der Waals surface area (Å²) in [6.07, 6.45) is 6.76. The largest absolute Gasteiger partial charge is 0.367 e. The number of carbonyl (C=O) groups excluding carboxylic acids is 1. The summed E-state index contributed by atoms with van der Waals surface area (Å²) in [5, 5.41) is 3.49. The molecule has 2 aromatic rings. The molecule has 0 spiro atoms. The van der Waals surface area contributed by atoms with Crippen molar-refractivity contribution in [3.63, 3.8) is 0 Å². The minimum Gasteiger partial charge on any atom is -0.367 e. The van der Waals surface area contributed by atoms with Crippen molar-refractivity contribution in [1.29, 1.82) is 0 Å². The Bertz CT molecular complexity index is 1320. The lowest BCUT2D eigenvalue weighted by molar-refractivity contribution is -0.129. The topological polar surface area (TPSA) is 79.0 Å². The summed E-state index contributed by atoms with van der Waals surface area (Å²) in [6.45, 7) is 0.473. The molecule has 2 saturated carbocycles. The molecule has 0 aromatic heterocycles. The molecule has 0 aliphatic heterocycles. The van der Waals surface area contributed by atoms with E-state index in [9.17, 15) is 17.6 Å². The van der Waals surface area contributed by atoms with Crippen LogP contribution in [0.15, 0.2) is 47.4 Å². The van der Waals surface area contributed by atoms with Gasteiger partial charge in [-0.2, -0.15) is 4.31 Å². The number of halogens is 3. The first kappa shape index (κ1) is 33.1. The lowest BCUT2D eigenvalue weighted by Crippen LogP contribution is -2.48. The first-order valence-corrected chi connectivity index (χ1v) is 16.9. The van der Waals surface area contributed by atoms with Crippen LogP contribution in [0.5, 0.6) is 0 Å². The van der Waals surface area contributed by atoms with Gasteiger partial charge in [0.15, 0.2) is 0 Å². The second-order valence-corrected chi connectivity index (χ2v) is 14.7. The van der Waals surface area contributed by atoms with Crippen LogP contribution in [0.25, 0.3) is 0 Å². The van der Waals surface area contributed by atoms with E-state index in [1.165, 1.54) is 28.6 Å². The summed E-state index contributed by atoms with van der Waals surface area (Å²) in [5.41, 5.74) is 1.00. The van der Waals surface area contributed by atoms with E-state index in [0.717, 1.165) is 44.1 Å². The normalized spacial score (nSPS) is 24.1. The van der Waals surface area contributed by atoms with Gasteiger partial charge in [0, 0.05) is 19.6 Å². The van der Waals surface area contributed by atoms with Crippen molar-refractivity contribution >= 4 is 39.1 Å². The standard InChI is InChI=1S/C31H42Cl2FN3O4S/c1-36(2)31(23-7-6-8-24(34)17-23)22-13-11-21(12-14-22)19-35-30(38)20-41-29-10-5-4-9-28(29)37(3)42(39,40)25-15-16-26(32)27(33)18-25/h6-8,15-18,21-22,28-29,31H,4-5,9-14,19-20H2,1-3H3,(H,35,38). The van der Waals surface area contributed by atoms with Gasteiger partial charge in [0.1, 0.15) is 12.4 Å². The third-order valence-corrected chi connectivity index (χ3v) is 11.4. The molecule has 7 nitrogen and oxygen atoms in total. The lowest BCUT2D eigenvalue weighted by atomic mass is 9.76. The van der Waals surface area contributed by atoms with Gasteiger partial charge in [0.25, 0.3) is 0 Å². The smallest absolute Gasteiger partial charge is 0.246 e. The zero-order valence-electron chi connectivity index (χ0n) is 24.6. The zero-order chi connectivity index (χ0) is 30.4. The Balaban J connectivity index is 1.26. The lowest BCUT2D eigenvalue weighted by Gasteiger charge is -2.38. The Morgan fingerprint density at radius 2 is 1.71 bits per heavy atom. The number of hydrogen-bond donors (Lipinski definition) is 1. The maximum Gasteiger partial charge on any atom is 0.246 e. The van der Waals surface area contributed by atoms with Crippen LogP contribution in [0.4, 0.5) is 4.39 Å². The number of benzene rings is 2. The van der Waals surface area contributed by atoms with Crippen molar-refractivity contribution in [2.45, 2.75) is 74.4 Å². The first-order valence-electron chi connectivity index (χ1n) is 14.7. The highest BCUT2D eigenvalue weighted by Crippen LogP contribution is 2.39. The quantitative estimate of drug-likeness (QED) is 0.311. The molecule has 2 aromatic carbocycles. The van der Waals surface area contributed by atoms with E-state index < -0.39 is 10.0 Å². The summed E-state index contributed by atoms with van der Waals surface area (Å²) in [5.74, 6) is 0.405. The average molecular weight is 643 g/mol. The number of ether oxygens (including phenoxy) is 1. The molecule has 232 valence electrons. The summed E-state index contributed by atoms with van der Waals surface area (Å²) >= 11 is 12.0. The summed E-state index contributed by atoms with van der Waals surface area (Å²) < 4.78 is 47.9. The monoisotopic (exact) mass is 641 g/mol. The van der Waals surface area contributed by atoms with E-state index in [4.69, 9.17) is 27.9 Å². The number of nitrogens with one attached hydrogen (secondary N) is 1. The van der Waals surface area contributed by atoms with Crippen LogP contribution >= 0.6 is 23.2 Å². The van der Waals surface area contributed by atoms with Crippen molar-refractivity contribution in [1.82, 2.24) is 14.5 Å². The van der Waals surface area contributed by atoms with E-state index in [1.54, 1.807) is 19.2 Å². The van der Waals surface area contributed by atoms with Crippen LogP contribution in [0, 0.1) is 17.7 Å². The van der Waals surface area contributed by atoms with Crippen molar-refractivity contribution in [2.75, 3.05) is 34.3 Å². The van der Waals surface area contributed by atoms with Gasteiger partial charge in [-0.3, -0.25) is 4.79 Å². The number of carbonyl (C=O) groups is 1. The van der Waals surface area contributed by atoms with Gasteiger partial charge in [-0.05, 0) is 100 Å². The highest BCUT2D eigenvalue weighted by molar-refractivity contribution is 7.89. The fourth-order valence-electron chi connectivity index (χ4n) is 6.55. The van der Waals surface area contributed by atoms with Gasteiger partial charge in [0.05, 0.1) is 27.1 Å². The van der Waals surface area contributed by atoms with E-state index >= 15 is 0 Å². The van der Waals surface area contributed by atoms with Crippen molar-refractivity contribution < 1.29 is 22.3 Å².